The average molecular weight is 300 g/mol. The number of amides is 1. The van der Waals surface area contributed by atoms with Crippen molar-refractivity contribution in [3.05, 3.63) is 35.4 Å². The second-order valence-electron chi connectivity index (χ2n) is 5.26. The third kappa shape index (κ3) is 4.20. The fourth-order valence-corrected chi connectivity index (χ4v) is 2.30. The van der Waals surface area contributed by atoms with Gasteiger partial charge in [0, 0.05) is 25.6 Å². The molecule has 0 saturated heterocycles. The molecule has 1 N–H and O–H groups in total. The Morgan fingerprint density at radius 3 is 2.57 bits per heavy atom. The Morgan fingerprint density at radius 1 is 1.33 bits per heavy atom. The summed E-state index contributed by atoms with van der Waals surface area (Å²) in [5, 5.41) is 2.88. The normalized spacial score (nSPS) is 15.0. The summed E-state index contributed by atoms with van der Waals surface area (Å²) in [4.78, 5) is 13.7. The van der Waals surface area contributed by atoms with Crippen LogP contribution in [0.5, 0.6) is 0 Å². The van der Waals surface area contributed by atoms with Crippen molar-refractivity contribution < 1.29 is 18.0 Å². The minimum absolute atomic E-state index is 0.0307. The van der Waals surface area contributed by atoms with Crippen LogP contribution in [0, 0.1) is 0 Å². The molecule has 0 bridgehead atoms. The van der Waals surface area contributed by atoms with E-state index in [2.05, 4.69) is 5.32 Å². The van der Waals surface area contributed by atoms with Crippen LogP contribution in [-0.2, 0) is 17.5 Å². The molecule has 0 aliphatic heterocycles. The second-order valence-corrected chi connectivity index (χ2v) is 5.26. The van der Waals surface area contributed by atoms with Gasteiger partial charge in [0.2, 0.25) is 5.91 Å². The number of hydrogen-bond donors (Lipinski definition) is 1. The van der Waals surface area contributed by atoms with Crippen LogP contribution in [0.4, 0.5) is 13.2 Å². The number of carbonyl (C=O) groups is 1. The van der Waals surface area contributed by atoms with E-state index in [0.29, 0.717) is 13.0 Å². The lowest BCUT2D eigenvalue weighted by atomic mass is 10.1. The Balaban J connectivity index is 2.16. The van der Waals surface area contributed by atoms with Gasteiger partial charge in [-0.15, -0.1) is 0 Å². The van der Waals surface area contributed by atoms with Gasteiger partial charge in [-0.1, -0.05) is 18.2 Å². The molecule has 1 saturated carbocycles. The van der Waals surface area contributed by atoms with Crippen molar-refractivity contribution in [3.63, 3.8) is 0 Å². The number of carbonyl (C=O) groups excluding carboxylic acids is 1. The van der Waals surface area contributed by atoms with Gasteiger partial charge in [-0.05, 0) is 31.5 Å². The lowest BCUT2D eigenvalue weighted by Gasteiger charge is -2.24. The molecule has 1 amide bonds. The predicted molar refractivity (Wildman–Crippen MR) is 73.6 cm³/mol. The van der Waals surface area contributed by atoms with Crippen LogP contribution in [0.1, 0.15) is 30.4 Å². The Hall–Kier alpha value is -1.56. The molecular weight excluding hydrogens is 281 g/mol. The SMILES string of the molecule is CNCCC(=O)N(Cc1ccccc1C(F)(F)F)C1CC1. The zero-order valence-corrected chi connectivity index (χ0v) is 11.9. The first kappa shape index (κ1) is 15.8. The van der Waals surface area contributed by atoms with E-state index in [0.717, 1.165) is 18.9 Å². The Kier molecular flexibility index (Phi) is 4.88. The van der Waals surface area contributed by atoms with E-state index in [1.807, 2.05) is 0 Å². The van der Waals surface area contributed by atoms with Gasteiger partial charge in [0.05, 0.1) is 5.56 Å². The monoisotopic (exact) mass is 300 g/mol. The molecule has 0 heterocycles. The molecule has 0 aromatic heterocycles. The molecule has 1 aromatic rings. The maximum absolute atomic E-state index is 13.0. The highest BCUT2D eigenvalue weighted by Crippen LogP contribution is 2.34. The summed E-state index contributed by atoms with van der Waals surface area (Å²) in [7, 11) is 1.74. The number of nitrogens with one attached hydrogen (secondary N) is 1. The van der Waals surface area contributed by atoms with E-state index >= 15 is 0 Å². The number of halogens is 3. The largest absolute Gasteiger partial charge is 0.416 e. The first-order chi connectivity index (χ1) is 9.93. The molecule has 21 heavy (non-hydrogen) atoms. The van der Waals surface area contributed by atoms with Crippen LogP contribution in [0.2, 0.25) is 0 Å². The molecule has 3 nitrogen and oxygen atoms in total. The summed E-state index contributed by atoms with van der Waals surface area (Å²) < 4.78 is 39.0. The average Bonchev–Trinajstić information content (AvgIpc) is 3.26. The van der Waals surface area contributed by atoms with Gasteiger partial charge in [0.1, 0.15) is 0 Å². The van der Waals surface area contributed by atoms with E-state index in [-0.39, 0.29) is 24.1 Å². The number of nitrogens with zero attached hydrogens (tertiary/aromatic N) is 1. The summed E-state index contributed by atoms with van der Waals surface area (Å²) in [5.74, 6) is -0.0937. The highest BCUT2D eigenvalue weighted by Gasteiger charge is 2.36. The standard InChI is InChI=1S/C15H19F3N2O/c1-19-9-8-14(21)20(12-6-7-12)10-11-4-2-3-5-13(11)15(16,17)18/h2-5,12,19H,6-10H2,1H3. The van der Waals surface area contributed by atoms with Crippen molar-refractivity contribution in [2.24, 2.45) is 0 Å². The molecule has 6 heteroatoms. The molecule has 1 aromatic carbocycles. The van der Waals surface area contributed by atoms with E-state index in [1.54, 1.807) is 18.0 Å². The van der Waals surface area contributed by atoms with Gasteiger partial charge in [0.15, 0.2) is 0 Å². The lowest BCUT2D eigenvalue weighted by molar-refractivity contribution is -0.140. The molecule has 1 aliphatic rings. The molecule has 0 atom stereocenters. The highest BCUT2D eigenvalue weighted by atomic mass is 19.4. The van der Waals surface area contributed by atoms with E-state index < -0.39 is 11.7 Å². The Labute approximate surface area is 122 Å². The zero-order chi connectivity index (χ0) is 15.5. The van der Waals surface area contributed by atoms with Gasteiger partial charge in [-0.3, -0.25) is 4.79 Å². The van der Waals surface area contributed by atoms with Gasteiger partial charge >= 0.3 is 6.18 Å². The third-order valence-corrected chi connectivity index (χ3v) is 3.56. The maximum Gasteiger partial charge on any atom is 0.416 e. The number of rotatable bonds is 6. The quantitative estimate of drug-likeness (QED) is 0.876. The van der Waals surface area contributed by atoms with Crippen LogP contribution in [-0.4, -0.2) is 30.4 Å². The summed E-state index contributed by atoms with van der Waals surface area (Å²) in [6, 6.07) is 5.56. The first-order valence-electron chi connectivity index (χ1n) is 7.02. The fourth-order valence-electron chi connectivity index (χ4n) is 2.30. The van der Waals surface area contributed by atoms with Crippen molar-refractivity contribution in [2.45, 2.75) is 38.0 Å². The fraction of sp³-hybridized carbons (Fsp3) is 0.533. The summed E-state index contributed by atoms with van der Waals surface area (Å²) in [5.41, 5.74) is -0.494. The second kappa shape index (κ2) is 6.47. The number of hydrogen-bond acceptors (Lipinski definition) is 2. The Morgan fingerprint density at radius 2 is 2.00 bits per heavy atom. The van der Waals surface area contributed by atoms with Gasteiger partial charge in [-0.2, -0.15) is 13.2 Å². The molecule has 116 valence electrons. The van der Waals surface area contributed by atoms with Crippen LogP contribution < -0.4 is 5.32 Å². The third-order valence-electron chi connectivity index (χ3n) is 3.56. The van der Waals surface area contributed by atoms with E-state index in [4.69, 9.17) is 0 Å². The smallest absolute Gasteiger partial charge is 0.335 e. The van der Waals surface area contributed by atoms with Crippen molar-refractivity contribution in [2.75, 3.05) is 13.6 Å². The zero-order valence-electron chi connectivity index (χ0n) is 11.9. The maximum atomic E-state index is 13.0. The predicted octanol–water partition coefficient (Wildman–Crippen LogP) is 2.81. The summed E-state index contributed by atoms with van der Waals surface area (Å²) in [6.07, 6.45) is -2.33. The van der Waals surface area contributed by atoms with E-state index in [9.17, 15) is 18.0 Å². The number of benzene rings is 1. The molecule has 0 spiro atoms. The molecule has 1 aliphatic carbocycles. The van der Waals surface area contributed by atoms with E-state index in [1.165, 1.54) is 12.1 Å². The van der Waals surface area contributed by atoms with Crippen LogP contribution in [0.25, 0.3) is 0 Å². The minimum Gasteiger partial charge on any atom is -0.335 e. The van der Waals surface area contributed by atoms with Gasteiger partial charge in [0.25, 0.3) is 0 Å². The summed E-state index contributed by atoms with van der Waals surface area (Å²) in [6.45, 7) is 0.561. The van der Waals surface area contributed by atoms with Crippen molar-refractivity contribution in [3.8, 4) is 0 Å². The summed E-state index contributed by atoms with van der Waals surface area (Å²) >= 11 is 0. The lowest BCUT2D eigenvalue weighted by Crippen LogP contribution is -2.34. The molecule has 0 radical (unpaired) electrons. The number of alkyl halides is 3. The van der Waals surface area contributed by atoms with Gasteiger partial charge < -0.3 is 10.2 Å². The van der Waals surface area contributed by atoms with Crippen molar-refractivity contribution >= 4 is 5.91 Å². The highest BCUT2D eigenvalue weighted by molar-refractivity contribution is 5.77. The molecule has 2 rings (SSSR count). The molecular formula is C15H19F3N2O. The topological polar surface area (TPSA) is 32.3 Å². The van der Waals surface area contributed by atoms with Crippen LogP contribution in [0.3, 0.4) is 0 Å². The van der Waals surface area contributed by atoms with Crippen molar-refractivity contribution in [1.82, 2.24) is 10.2 Å². The molecule has 1 fully saturated rings. The first-order valence-corrected chi connectivity index (χ1v) is 7.02. The van der Waals surface area contributed by atoms with Crippen LogP contribution >= 0.6 is 0 Å². The minimum atomic E-state index is -4.39. The van der Waals surface area contributed by atoms with Gasteiger partial charge in [-0.25, -0.2) is 0 Å². The van der Waals surface area contributed by atoms with Crippen molar-refractivity contribution in [1.29, 1.82) is 0 Å². The molecule has 0 unspecified atom stereocenters. The van der Waals surface area contributed by atoms with Crippen LogP contribution in [0.15, 0.2) is 24.3 Å². The Bertz CT molecular complexity index is 498.